The van der Waals surface area contributed by atoms with Crippen LogP contribution >= 0.6 is 12.4 Å². The fraction of sp³-hybridized carbons (Fsp3) is 0.500. The van der Waals surface area contributed by atoms with Crippen LogP contribution in [0.3, 0.4) is 0 Å². The summed E-state index contributed by atoms with van der Waals surface area (Å²) in [6.07, 6.45) is 7.54. The number of hydrogen-bond acceptors (Lipinski definition) is 2. The monoisotopic (exact) mass is 198 g/mol. The molecular formula is C10H15ClN2. The maximum absolute atomic E-state index is 5.77. The molecule has 13 heavy (non-hydrogen) atoms. The van der Waals surface area contributed by atoms with Gasteiger partial charge in [-0.3, -0.25) is 4.98 Å². The predicted octanol–water partition coefficient (Wildman–Crippen LogP) is 1.88. The molecule has 0 bridgehead atoms. The minimum atomic E-state index is 0. The van der Waals surface area contributed by atoms with Crippen LogP contribution in [-0.4, -0.2) is 11.5 Å². The summed E-state index contributed by atoms with van der Waals surface area (Å²) in [7, 11) is 0. The Balaban J connectivity index is 0.000000845. The summed E-state index contributed by atoms with van der Waals surface area (Å²) in [6, 6.07) is 4.13. The Morgan fingerprint density at radius 3 is 2.62 bits per heavy atom. The Hall–Kier alpha value is -0.600. The van der Waals surface area contributed by atoms with Crippen molar-refractivity contribution in [3.63, 3.8) is 0 Å². The third-order valence-corrected chi connectivity index (χ3v) is 2.98. The van der Waals surface area contributed by atoms with E-state index in [9.17, 15) is 0 Å². The van der Waals surface area contributed by atoms with Crippen molar-refractivity contribution in [2.24, 2.45) is 5.73 Å². The van der Waals surface area contributed by atoms with Gasteiger partial charge in [0.25, 0.3) is 0 Å². The largest absolute Gasteiger partial charge is 0.330 e. The maximum Gasteiger partial charge on any atom is 0.0306 e. The topological polar surface area (TPSA) is 38.9 Å². The third kappa shape index (κ3) is 1.69. The van der Waals surface area contributed by atoms with Crippen LogP contribution in [0.4, 0.5) is 0 Å². The lowest BCUT2D eigenvalue weighted by atomic mass is 9.65. The summed E-state index contributed by atoms with van der Waals surface area (Å²) < 4.78 is 0. The van der Waals surface area contributed by atoms with E-state index in [2.05, 4.69) is 11.1 Å². The fourth-order valence-electron chi connectivity index (χ4n) is 1.89. The number of pyridine rings is 1. The van der Waals surface area contributed by atoms with Gasteiger partial charge >= 0.3 is 0 Å². The molecule has 1 aliphatic carbocycles. The van der Waals surface area contributed by atoms with Crippen LogP contribution in [0.2, 0.25) is 0 Å². The van der Waals surface area contributed by atoms with Crippen molar-refractivity contribution in [1.82, 2.24) is 4.98 Å². The summed E-state index contributed by atoms with van der Waals surface area (Å²) in [5, 5.41) is 0. The third-order valence-electron chi connectivity index (χ3n) is 2.98. The first-order valence-electron chi connectivity index (χ1n) is 4.48. The first-order chi connectivity index (χ1) is 5.87. The second kappa shape index (κ2) is 4.07. The average Bonchev–Trinajstić information content (AvgIpc) is 2.05. The van der Waals surface area contributed by atoms with Gasteiger partial charge in [0, 0.05) is 24.4 Å². The van der Waals surface area contributed by atoms with Gasteiger partial charge in [-0.2, -0.15) is 0 Å². The zero-order valence-electron chi connectivity index (χ0n) is 7.57. The number of hydrogen-bond donors (Lipinski definition) is 1. The molecular weight excluding hydrogens is 184 g/mol. The van der Waals surface area contributed by atoms with Crippen molar-refractivity contribution < 1.29 is 0 Å². The minimum absolute atomic E-state index is 0. The van der Waals surface area contributed by atoms with Crippen LogP contribution in [0, 0.1) is 0 Å². The Morgan fingerprint density at radius 2 is 2.23 bits per heavy atom. The van der Waals surface area contributed by atoms with E-state index in [1.54, 1.807) is 0 Å². The van der Waals surface area contributed by atoms with E-state index >= 15 is 0 Å². The van der Waals surface area contributed by atoms with Crippen molar-refractivity contribution in [3.05, 3.63) is 30.1 Å². The van der Waals surface area contributed by atoms with E-state index in [0.717, 1.165) is 6.54 Å². The molecule has 1 aromatic rings. The van der Waals surface area contributed by atoms with Gasteiger partial charge in [-0.25, -0.2) is 0 Å². The molecule has 0 spiro atoms. The minimum Gasteiger partial charge on any atom is -0.330 e. The highest BCUT2D eigenvalue weighted by molar-refractivity contribution is 5.85. The van der Waals surface area contributed by atoms with Gasteiger partial charge in [-0.1, -0.05) is 12.5 Å². The SMILES string of the molecule is Cl.NCC1(c2cccnc2)CCC1. The summed E-state index contributed by atoms with van der Waals surface area (Å²) in [6.45, 7) is 0.763. The van der Waals surface area contributed by atoms with Gasteiger partial charge in [0.05, 0.1) is 0 Å². The fourth-order valence-corrected chi connectivity index (χ4v) is 1.89. The second-order valence-corrected chi connectivity index (χ2v) is 3.58. The van der Waals surface area contributed by atoms with Crippen molar-refractivity contribution >= 4 is 12.4 Å². The molecule has 1 aliphatic rings. The molecule has 2 N–H and O–H groups in total. The van der Waals surface area contributed by atoms with Crippen LogP contribution in [0.1, 0.15) is 24.8 Å². The summed E-state index contributed by atoms with van der Waals surface area (Å²) in [5.41, 5.74) is 7.36. The van der Waals surface area contributed by atoms with Gasteiger partial charge < -0.3 is 5.73 Å². The molecule has 2 rings (SSSR count). The quantitative estimate of drug-likeness (QED) is 0.788. The number of rotatable bonds is 2. The maximum atomic E-state index is 5.77. The number of aromatic nitrogens is 1. The highest BCUT2D eigenvalue weighted by atomic mass is 35.5. The van der Waals surface area contributed by atoms with E-state index in [1.807, 2.05) is 18.5 Å². The lowest BCUT2D eigenvalue weighted by Gasteiger charge is -2.41. The molecule has 1 aromatic heterocycles. The standard InChI is InChI=1S/C10H14N2.ClH/c11-8-10(4-2-5-10)9-3-1-6-12-7-9;/h1,3,6-7H,2,4-5,8,11H2;1H. The van der Waals surface area contributed by atoms with Crippen LogP contribution in [-0.2, 0) is 5.41 Å². The van der Waals surface area contributed by atoms with Crippen LogP contribution < -0.4 is 5.73 Å². The highest BCUT2D eigenvalue weighted by Gasteiger charge is 2.37. The zero-order chi connectivity index (χ0) is 8.44. The molecule has 0 aliphatic heterocycles. The van der Waals surface area contributed by atoms with E-state index in [-0.39, 0.29) is 17.8 Å². The molecule has 1 fully saturated rings. The molecule has 3 heteroatoms. The Kier molecular flexibility index (Phi) is 3.28. The number of nitrogens with two attached hydrogens (primary N) is 1. The summed E-state index contributed by atoms with van der Waals surface area (Å²) >= 11 is 0. The van der Waals surface area contributed by atoms with Crippen LogP contribution in [0.15, 0.2) is 24.5 Å². The predicted molar refractivity (Wildman–Crippen MR) is 56.1 cm³/mol. The first kappa shape index (κ1) is 10.5. The Bertz CT molecular complexity index is 251. The van der Waals surface area contributed by atoms with Gasteiger partial charge in [0.2, 0.25) is 0 Å². The van der Waals surface area contributed by atoms with Gasteiger partial charge in [0.1, 0.15) is 0 Å². The van der Waals surface area contributed by atoms with E-state index in [0.29, 0.717) is 0 Å². The highest BCUT2D eigenvalue weighted by Crippen LogP contribution is 2.42. The Morgan fingerprint density at radius 1 is 1.46 bits per heavy atom. The van der Waals surface area contributed by atoms with E-state index in [4.69, 9.17) is 5.73 Å². The molecule has 72 valence electrons. The molecule has 0 radical (unpaired) electrons. The summed E-state index contributed by atoms with van der Waals surface area (Å²) in [4.78, 5) is 4.13. The molecule has 1 saturated carbocycles. The zero-order valence-corrected chi connectivity index (χ0v) is 8.39. The van der Waals surface area contributed by atoms with Gasteiger partial charge in [-0.15, -0.1) is 12.4 Å². The molecule has 0 saturated heterocycles. The normalized spacial score (nSPS) is 18.5. The lowest BCUT2D eigenvalue weighted by Crippen LogP contribution is -2.41. The molecule has 1 heterocycles. The van der Waals surface area contributed by atoms with Crippen LogP contribution in [0.5, 0.6) is 0 Å². The van der Waals surface area contributed by atoms with Gasteiger partial charge in [-0.05, 0) is 24.5 Å². The average molecular weight is 199 g/mol. The van der Waals surface area contributed by atoms with Crippen LogP contribution in [0.25, 0.3) is 0 Å². The molecule has 0 atom stereocenters. The molecule has 0 aromatic carbocycles. The lowest BCUT2D eigenvalue weighted by molar-refractivity contribution is 0.252. The summed E-state index contributed by atoms with van der Waals surface area (Å²) in [5.74, 6) is 0. The van der Waals surface area contributed by atoms with E-state index < -0.39 is 0 Å². The van der Waals surface area contributed by atoms with Crippen molar-refractivity contribution in [3.8, 4) is 0 Å². The van der Waals surface area contributed by atoms with E-state index in [1.165, 1.54) is 24.8 Å². The van der Waals surface area contributed by atoms with Crippen molar-refractivity contribution in [2.45, 2.75) is 24.7 Å². The van der Waals surface area contributed by atoms with Crippen molar-refractivity contribution in [1.29, 1.82) is 0 Å². The molecule has 2 nitrogen and oxygen atoms in total. The number of nitrogens with zero attached hydrogens (tertiary/aromatic N) is 1. The van der Waals surface area contributed by atoms with Crippen molar-refractivity contribution in [2.75, 3.05) is 6.54 Å². The number of halogens is 1. The molecule has 0 unspecified atom stereocenters. The smallest absolute Gasteiger partial charge is 0.0306 e. The second-order valence-electron chi connectivity index (χ2n) is 3.58. The molecule has 0 amide bonds. The van der Waals surface area contributed by atoms with Gasteiger partial charge in [0.15, 0.2) is 0 Å². The first-order valence-corrected chi connectivity index (χ1v) is 4.48. The Labute approximate surface area is 85.0 Å².